The molecule has 0 aliphatic heterocycles. The van der Waals surface area contributed by atoms with Crippen LogP contribution in [-0.2, 0) is 18.5 Å². The van der Waals surface area contributed by atoms with Gasteiger partial charge in [-0.1, -0.05) is 6.92 Å². The minimum atomic E-state index is -3.89. The molecule has 1 aromatic rings. The molecule has 0 aliphatic carbocycles. The van der Waals surface area contributed by atoms with Crippen LogP contribution in [0.2, 0.25) is 0 Å². The third kappa shape index (κ3) is 5.30. The van der Waals surface area contributed by atoms with Crippen molar-refractivity contribution in [3.8, 4) is 0 Å². The summed E-state index contributed by atoms with van der Waals surface area (Å²) in [6, 6.07) is 2.67. The van der Waals surface area contributed by atoms with E-state index in [9.17, 15) is 13.2 Å². The highest BCUT2D eigenvalue weighted by Gasteiger charge is 2.18. The van der Waals surface area contributed by atoms with E-state index >= 15 is 0 Å². The maximum Gasteiger partial charge on any atom is 0.338 e. The lowest BCUT2D eigenvalue weighted by Crippen LogP contribution is -2.13. The van der Waals surface area contributed by atoms with Crippen molar-refractivity contribution in [2.24, 2.45) is 0 Å². The number of esters is 1. The molecule has 0 bridgehead atoms. The van der Waals surface area contributed by atoms with Gasteiger partial charge in [0.05, 0.1) is 17.1 Å². The first-order valence-electron chi connectivity index (χ1n) is 6.58. The summed E-state index contributed by atoms with van der Waals surface area (Å²) in [5, 5.41) is 0. The Morgan fingerprint density at radius 1 is 1.19 bits per heavy atom. The summed E-state index contributed by atoms with van der Waals surface area (Å²) in [6.07, 6.45) is 0.891. The minimum absolute atomic E-state index is 0.110. The Balaban J connectivity index is 2.86. The maximum absolute atomic E-state index is 12.0. The molecule has 0 fully saturated rings. The minimum Gasteiger partial charge on any atom is -0.460 e. The number of rotatable bonds is 7. The Hall–Kier alpha value is -1.11. The van der Waals surface area contributed by atoms with Gasteiger partial charge in [0.1, 0.15) is 6.61 Å². The van der Waals surface area contributed by atoms with Gasteiger partial charge >= 0.3 is 5.97 Å². The Morgan fingerprint density at radius 2 is 1.86 bits per heavy atom. The summed E-state index contributed by atoms with van der Waals surface area (Å²) in [5.41, 5.74) is 1.52. The number of ether oxygens (including phenoxy) is 2. The molecule has 0 heterocycles. The monoisotopic (exact) mass is 334 g/mol. The lowest BCUT2D eigenvalue weighted by molar-refractivity contribution is 0.0317. The summed E-state index contributed by atoms with van der Waals surface area (Å²) >= 11 is 0. The average Bonchev–Trinajstić information content (AvgIpc) is 2.40. The highest BCUT2D eigenvalue weighted by Crippen LogP contribution is 2.23. The maximum atomic E-state index is 12.0. The number of carbonyl (C=O) groups is 1. The van der Waals surface area contributed by atoms with Gasteiger partial charge in [-0.15, -0.1) is 0 Å². The molecule has 21 heavy (non-hydrogen) atoms. The molecule has 5 nitrogen and oxygen atoms in total. The molecule has 0 saturated heterocycles. The Labute approximate surface area is 129 Å². The molecule has 0 unspecified atom stereocenters. The molecule has 1 rings (SSSR count). The molecular formula is C14H19ClO5S. The van der Waals surface area contributed by atoms with Gasteiger partial charge in [0.2, 0.25) is 0 Å². The van der Waals surface area contributed by atoms with E-state index in [2.05, 4.69) is 0 Å². The lowest BCUT2D eigenvalue weighted by atomic mass is 10.0. The van der Waals surface area contributed by atoms with Crippen LogP contribution >= 0.6 is 10.7 Å². The molecule has 7 heteroatoms. The lowest BCUT2D eigenvalue weighted by Gasteiger charge is -2.11. The van der Waals surface area contributed by atoms with Crippen molar-refractivity contribution >= 4 is 25.7 Å². The summed E-state index contributed by atoms with van der Waals surface area (Å²) in [4.78, 5) is 11.9. The predicted molar refractivity (Wildman–Crippen MR) is 80.3 cm³/mol. The quantitative estimate of drug-likeness (QED) is 0.435. The van der Waals surface area contributed by atoms with E-state index in [0.29, 0.717) is 24.3 Å². The van der Waals surface area contributed by atoms with Gasteiger partial charge in [-0.3, -0.25) is 0 Å². The van der Waals surface area contributed by atoms with Crippen molar-refractivity contribution < 1.29 is 22.7 Å². The van der Waals surface area contributed by atoms with E-state index in [1.54, 1.807) is 13.8 Å². The average molecular weight is 335 g/mol. The first-order chi connectivity index (χ1) is 9.77. The third-order valence-corrected chi connectivity index (χ3v) is 4.28. The van der Waals surface area contributed by atoms with Crippen molar-refractivity contribution in [3.05, 3.63) is 28.8 Å². The van der Waals surface area contributed by atoms with Gasteiger partial charge in [0, 0.05) is 17.3 Å². The van der Waals surface area contributed by atoms with Gasteiger partial charge in [-0.05, 0) is 43.5 Å². The molecule has 0 amide bonds. The van der Waals surface area contributed by atoms with Crippen molar-refractivity contribution in [2.75, 3.05) is 19.8 Å². The summed E-state index contributed by atoms with van der Waals surface area (Å²) in [5.74, 6) is -0.585. The predicted octanol–water partition coefficient (Wildman–Crippen LogP) is 2.81. The van der Waals surface area contributed by atoms with Gasteiger partial charge in [0.25, 0.3) is 9.05 Å². The first-order valence-corrected chi connectivity index (χ1v) is 8.89. The molecule has 0 aromatic heterocycles. The van der Waals surface area contributed by atoms with Crippen molar-refractivity contribution in [2.45, 2.75) is 32.1 Å². The SMILES string of the molecule is CCCOCCOC(=O)c1cc(S(=O)(=O)Cl)cc(C)c1C. The van der Waals surface area contributed by atoms with Crippen LogP contribution < -0.4 is 0 Å². The van der Waals surface area contributed by atoms with Gasteiger partial charge in [-0.25, -0.2) is 13.2 Å². The topological polar surface area (TPSA) is 69.7 Å². The Bertz CT molecular complexity index is 610. The number of hydrogen-bond donors (Lipinski definition) is 0. The normalized spacial score (nSPS) is 11.4. The summed E-state index contributed by atoms with van der Waals surface area (Å²) in [6.45, 7) is 6.46. The molecule has 0 spiro atoms. The zero-order chi connectivity index (χ0) is 16.0. The van der Waals surface area contributed by atoms with E-state index in [0.717, 1.165) is 6.42 Å². The fraction of sp³-hybridized carbons (Fsp3) is 0.500. The fourth-order valence-electron chi connectivity index (χ4n) is 1.70. The molecule has 0 aliphatic rings. The smallest absolute Gasteiger partial charge is 0.338 e. The van der Waals surface area contributed by atoms with Crippen LogP contribution in [-0.4, -0.2) is 34.2 Å². The van der Waals surface area contributed by atoms with E-state index in [4.69, 9.17) is 20.2 Å². The highest BCUT2D eigenvalue weighted by atomic mass is 35.7. The fourth-order valence-corrected chi connectivity index (χ4v) is 2.54. The van der Waals surface area contributed by atoms with E-state index in [1.165, 1.54) is 12.1 Å². The van der Waals surface area contributed by atoms with Crippen molar-refractivity contribution in [1.29, 1.82) is 0 Å². The standard InChI is InChI=1S/C14H19ClO5S/c1-4-5-19-6-7-20-14(16)13-9-12(21(15,17)18)8-10(2)11(13)3/h8-9H,4-7H2,1-3H3. The van der Waals surface area contributed by atoms with Crippen LogP contribution in [0.15, 0.2) is 17.0 Å². The van der Waals surface area contributed by atoms with Crippen LogP contribution in [0.1, 0.15) is 34.8 Å². The van der Waals surface area contributed by atoms with E-state index < -0.39 is 15.0 Å². The molecule has 0 N–H and O–H groups in total. The Morgan fingerprint density at radius 3 is 2.43 bits per heavy atom. The van der Waals surface area contributed by atoms with Gasteiger partial charge < -0.3 is 9.47 Å². The van der Waals surface area contributed by atoms with Crippen LogP contribution in [0.25, 0.3) is 0 Å². The second-order valence-corrected chi connectivity index (χ2v) is 7.16. The van der Waals surface area contributed by atoms with Crippen molar-refractivity contribution in [1.82, 2.24) is 0 Å². The molecular weight excluding hydrogens is 316 g/mol. The van der Waals surface area contributed by atoms with E-state index in [1.807, 2.05) is 6.92 Å². The van der Waals surface area contributed by atoms with E-state index in [-0.39, 0.29) is 17.1 Å². The number of benzene rings is 1. The van der Waals surface area contributed by atoms with Gasteiger partial charge in [-0.2, -0.15) is 0 Å². The van der Waals surface area contributed by atoms with Crippen LogP contribution in [0, 0.1) is 13.8 Å². The van der Waals surface area contributed by atoms with Gasteiger partial charge in [0.15, 0.2) is 0 Å². The van der Waals surface area contributed by atoms with Crippen molar-refractivity contribution in [3.63, 3.8) is 0 Å². The zero-order valence-electron chi connectivity index (χ0n) is 12.3. The first kappa shape index (κ1) is 17.9. The largest absolute Gasteiger partial charge is 0.460 e. The number of hydrogen-bond acceptors (Lipinski definition) is 5. The van der Waals surface area contributed by atoms with Crippen LogP contribution in [0.4, 0.5) is 0 Å². The molecule has 0 radical (unpaired) electrons. The highest BCUT2D eigenvalue weighted by molar-refractivity contribution is 8.13. The Kier molecular flexibility index (Phi) is 6.64. The van der Waals surface area contributed by atoms with Crippen LogP contribution in [0.5, 0.6) is 0 Å². The number of carbonyl (C=O) groups excluding carboxylic acids is 1. The number of aryl methyl sites for hydroxylation is 1. The molecule has 0 atom stereocenters. The zero-order valence-corrected chi connectivity index (χ0v) is 13.9. The second kappa shape index (κ2) is 7.77. The third-order valence-electron chi connectivity index (χ3n) is 2.95. The molecule has 0 saturated carbocycles. The molecule has 118 valence electrons. The summed E-state index contributed by atoms with van der Waals surface area (Å²) < 4.78 is 33.1. The molecule has 1 aromatic carbocycles. The number of halogens is 1. The van der Waals surface area contributed by atoms with Crippen LogP contribution in [0.3, 0.4) is 0 Å². The second-order valence-electron chi connectivity index (χ2n) is 4.60. The summed E-state index contributed by atoms with van der Waals surface area (Å²) in [7, 11) is 1.43.